The fraction of sp³-hybridized carbons (Fsp3) is 0.583. The summed E-state index contributed by atoms with van der Waals surface area (Å²) in [5, 5.41) is 12.1. The Morgan fingerprint density at radius 2 is 2.39 bits per heavy atom. The predicted molar refractivity (Wildman–Crippen MR) is 68.3 cm³/mol. The van der Waals surface area contributed by atoms with Crippen molar-refractivity contribution < 1.29 is 4.79 Å². The predicted octanol–water partition coefficient (Wildman–Crippen LogP) is 0.488. The van der Waals surface area contributed by atoms with Crippen molar-refractivity contribution in [3.63, 3.8) is 0 Å². The summed E-state index contributed by atoms with van der Waals surface area (Å²) >= 11 is 0. The maximum atomic E-state index is 12.3. The Balaban J connectivity index is 2.10. The highest BCUT2D eigenvalue weighted by molar-refractivity contribution is 5.94. The maximum Gasteiger partial charge on any atom is 0.264 e. The lowest BCUT2D eigenvalue weighted by atomic mass is 9.81. The summed E-state index contributed by atoms with van der Waals surface area (Å²) in [5.74, 6) is 0.371. The van der Waals surface area contributed by atoms with Crippen LogP contribution in [0.1, 0.15) is 26.2 Å². The Morgan fingerprint density at radius 1 is 1.56 bits per heavy atom. The first-order valence-corrected chi connectivity index (χ1v) is 6.24. The third kappa shape index (κ3) is 2.59. The van der Waals surface area contributed by atoms with Gasteiger partial charge in [-0.2, -0.15) is 5.10 Å². The van der Waals surface area contributed by atoms with Gasteiger partial charge in [-0.1, -0.05) is 13.3 Å². The summed E-state index contributed by atoms with van der Waals surface area (Å²) in [5.41, 5.74) is -0.620. The number of nitrogens with zero attached hydrogens (tertiary/aromatic N) is 1. The smallest absolute Gasteiger partial charge is 0.264 e. The van der Waals surface area contributed by atoms with Gasteiger partial charge in [0.15, 0.2) is 5.82 Å². The highest BCUT2D eigenvalue weighted by atomic mass is 16.2. The van der Waals surface area contributed by atoms with Gasteiger partial charge in [0, 0.05) is 12.6 Å². The van der Waals surface area contributed by atoms with Gasteiger partial charge < -0.3 is 10.6 Å². The van der Waals surface area contributed by atoms with E-state index >= 15 is 0 Å². The van der Waals surface area contributed by atoms with Crippen LogP contribution in [-0.4, -0.2) is 29.2 Å². The van der Waals surface area contributed by atoms with Gasteiger partial charge in [0.05, 0.1) is 5.41 Å². The van der Waals surface area contributed by atoms with Crippen LogP contribution in [0.4, 0.5) is 5.82 Å². The van der Waals surface area contributed by atoms with Gasteiger partial charge in [0.1, 0.15) is 0 Å². The van der Waals surface area contributed by atoms with Gasteiger partial charge >= 0.3 is 0 Å². The lowest BCUT2D eigenvalue weighted by molar-refractivity contribution is -0.125. The molecule has 2 rings (SSSR count). The Bertz CT molecular complexity index is 457. The average Bonchev–Trinajstić information content (AvgIpc) is 2.82. The number of amides is 1. The molecular formula is C12H18N4O2. The largest absolute Gasteiger partial charge is 0.316 e. The van der Waals surface area contributed by atoms with Gasteiger partial charge in [-0.25, -0.2) is 5.10 Å². The van der Waals surface area contributed by atoms with E-state index in [9.17, 15) is 9.59 Å². The van der Waals surface area contributed by atoms with Crippen LogP contribution >= 0.6 is 0 Å². The quantitative estimate of drug-likeness (QED) is 0.725. The third-order valence-corrected chi connectivity index (χ3v) is 3.37. The molecule has 0 aromatic carbocycles. The fourth-order valence-corrected chi connectivity index (χ4v) is 2.41. The van der Waals surface area contributed by atoms with Gasteiger partial charge in [0.25, 0.3) is 5.56 Å². The van der Waals surface area contributed by atoms with Crippen molar-refractivity contribution in [2.75, 3.05) is 18.4 Å². The second-order valence-electron chi connectivity index (χ2n) is 4.72. The normalized spacial score (nSPS) is 22.9. The van der Waals surface area contributed by atoms with Crippen molar-refractivity contribution in [1.29, 1.82) is 0 Å². The standard InChI is InChI=1S/C12H18N4O2/c1-2-5-12(6-7-13-8-12)11(18)14-9-3-4-10(17)16-15-9/h3-4,13H,2,5-8H2,1H3,(H,16,17)(H,14,15,18). The number of aromatic nitrogens is 2. The van der Waals surface area contributed by atoms with E-state index < -0.39 is 0 Å². The Kier molecular flexibility index (Phi) is 3.76. The molecule has 1 aromatic rings. The van der Waals surface area contributed by atoms with Crippen LogP contribution in [0.25, 0.3) is 0 Å². The van der Waals surface area contributed by atoms with Crippen LogP contribution in [0.3, 0.4) is 0 Å². The van der Waals surface area contributed by atoms with E-state index in [0.717, 1.165) is 25.8 Å². The van der Waals surface area contributed by atoms with Crippen LogP contribution in [0.15, 0.2) is 16.9 Å². The molecule has 0 spiro atoms. The number of hydrogen-bond acceptors (Lipinski definition) is 4. The zero-order chi connectivity index (χ0) is 13.0. The lowest BCUT2D eigenvalue weighted by Crippen LogP contribution is -2.38. The maximum absolute atomic E-state index is 12.3. The zero-order valence-corrected chi connectivity index (χ0v) is 10.5. The molecule has 1 aliphatic heterocycles. The Morgan fingerprint density at radius 3 is 2.94 bits per heavy atom. The van der Waals surface area contributed by atoms with E-state index in [0.29, 0.717) is 12.4 Å². The molecule has 0 bridgehead atoms. The minimum atomic E-state index is -0.341. The molecule has 1 aliphatic rings. The molecule has 0 radical (unpaired) electrons. The first kappa shape index (κ1) is 12.8. The number of aromatic amines is 1. The molecule has 3 N–H and O–H groups in total. The Hall–Kier alpha value is -1.69. The zero-order valence-electron chi connectivity index (χ0n) is 10.5. The SMILES string of the molecule is CCCC1(C(=O)Nc2ccc(=O)[nH]n2)CCNC1. The number of rotatable bonds is 4. The molecule has 6 nitrogen and oxygen atoms in total. The van der Waals surface area contributed by atoms with E-state index in [-0.39, 0.29) is 16.9 Å². The first-order chi connectivity index (χ1) is 8.66. The van der Waals surface area contributed by atoms with Crippen LogP contribution in [0.5, 0.6) is 0 Å². The third-order valence-electron chi connectivity index (χ3n) is 3.37. The molecule has 1 saturated heterocycles. The van der Waals surface area contributed by atoms with E-state index in [1.54, 1.807) is 0 Å². The summed E-state index contributed by atoms with van der Waals surface area (Å²) in [6, 6.07) is 2.86. The van der Waals surface area contributed by atoms with Crippen LogP contribution < -0.4 is 16.2 Å². The van der Waals surface area contributed by atoms with Crippen molar-refractivity contribution in [3.05, 3.63) is 22.5 Å². The van der Waals surface area contributed by atoms with Crippen LogP contribution in [0.2, 0.25) is 0 Å². The first-order valence-electron chi connectivity index (χ1n) is 6.24. The van der Waals surface area contributed by atoms with Gasteiger partial charge in [-0.15, -0.1) is 0 Å². The average molecular weight is 250 g/mol. The number of hydrogen-bond donors (Lipinski definition) is 3. The Labute approximate surface area is 105 Å². The molecule has 2 heterocycles. The summed E-state index contributed by atoms with van der Waals surface area (Å²) in [6.45, 7) is 3.65. The summed E-state index contributed by atoms with van der Waals surface area (Å²) in [4.78, 5) is 23.2. The molecule has 6 heteroatoms. The van der Waals surface area contributed by atoms with E-state index in [1.807, 2.05) is 0 Å². The van der Waals surface area contributed by atoms with Gasteiger partial charge in [-0.05, 0) is 25.5 Å². The van der Waals surface area contributed by atoms with Crippen molar-refractivity contribution in [3.8, 4) is 0 Å². The van der Waals surface area contributed by atoms with Crippen molar-refractivity contribution in [2.24, 2.45) is 5.41 Å². The van der Waals surface area contributed by atoms with Gasteiger partial charge in [-0.3, -0.25) is 9.59 Å². The molecule has 1 unspecified atom stereocenters. The van der Waals surface area contributed by atoms with Crippen molar-refractivity contribution >= 4 is 11.7 Å². The number of carbonyl (C=O) groups is 1. The number of nitrogens with one attached hydrogen (secondary N) is 3. The van der Waals surface area contributed by atoms with E-state index in [4.69, 9.17) is 0 Å². The minimum Gasteiger partial charge on any atom is -0.316 e. The minimum absolute atomic E-state index is 0.0195. The van der Waals surface area contributed by atoms with E-state index in [1.165, 1.54) is 12.1 Å². The topological polar surface area (TPSA) is 86.9 Å². The molecular weight excluding hydrogens is 232 g/mol. The molecule has 0 aliphatic carbocycles. The van der Waals surface area contributed by atoms with Crippen molar-refractivity contribution in [1.82, 2.24) is 15.5 Å². The highest BCUT2D eigenvalue weighted by Crippen LogP contribution is 2.32. The van der Waals surface area contributed by atoms with Gasteiger partial charge in [0.2, 0.25) is 5.91 Å². The summed E-state index contributed by atoms with van der Waals surface area (Å²) < 4.78 is 0. The molecule has 1 amide bonds. The molecule has 1 fully saturated rings. The second kappa shape index (κ2) is 5.30. The fourth-order valence-electron chi connectivity index (χ4n) is 2.41. The van der Waals surface area contributed by atoms with Crippen LogP contribution in [-0.2, 0) is 4.79 Å². The number of carbonyl (C=O) groups excluding carboxylic acids is 1. The lowest BCUT2D eigenvalue weighted by Gasteiger charge is -2.25. The molecule has 98 valence electrons. The molecule has 0 saturated carbocycles. The number of anilines is 1. The second-order valence-corrected chi connectivity index (χ2v) is 4.72. The monoisotopic (exact) mass is 250 g/mol. The molecule has 1 atom stereocenters. The molecule has 1 aromatic heterocycles. The molecule has 18 heavy (non-hydrogen) atoms. The number of H-pyrrole nitrogens is 1. The summed E-state index contributed by atoms with van der Waals surface area (Å²) in [6.07, 6.45) is 2.67. The van der Waals surface area contributed by atoms with E-state index in [2.05, 4.69) is 27.8 Å². The summed E-state index contributed by atoms with van der Waals surface area (Å²) in [7, 11) is 0. The van der Waals surface area contributed by atoms with Crippen LogP contribution in [0, 0.1) is 5.41 Å². The van der Waals surface area contributed by atoms with Crippen molar-refractivity contribution in [2.45, 2.75) is 26.2 Å². The highest BCUT2D eigenvalue weighted by Gasteiger charge is 2.40.